The van der Waals surface area contributed by atoms with Gasteiger partial charge in [-0.15, -0.1) is 0 Å². The Hall–Kier alpha value is -0.940. The minimum absolute atomic E-state index is 0.0265. The molecule has 2 saturated heterocycles. The molecule has 2 aliphatic rings. The highest BCUT2D eigenvalue weighted by Crippen LogP contribution is 2.28. The number of ether oxygens (including phenoxy) is 3. The SMILES string of the molecule is CC(=O)C[C@@H]1OCO[C@@H]2CC(=O)O[C@H]12. The Balaban J connectivity index is 2.03. The molecule has 0 aromatic heterocycles. The number of carbonyl (C=O) groups is 2. The van der Waals surface area contributed by atoms with Crippen molar-refractivity contribution in [2.24, 2.45) is 0 Å². The van der Waals surface area contributed by atoms with Crippen LogP contribution < -0.4 is 0 Å². The summed E-state index contributed by atoms with van der Waals surface area (Å²) >= 11 is 0. The zero-order valence-corrected chi connectivity index (χ0v) is 7.89. The van der Waals surface area contributed by atoms with Crippen LogP contribution in [0.3, 0.4) is 0 Å². The average Bonchev–Trinajstić information content (AvgIpc) is 2.45. The minimum atomic E-state index is -0.403. The largest absolute Gasteiger partial charge is 0.457 e. The second-order valence-corrected chi connectivity index (χ2v) is 3.59. The van der Waals surface area contributed by atoms with Crippen LogP contribution in [0.2, 0.25) is 0 Å². The molecule has 0 N–H and O–H groups in total. The lowest BCUT2D eigenvalue weighted by molar-refractivity contribution is -0.216. The summed E-state index contributed by atoms with van der Waals surface area (Å²) in [6.45, 7) is 1.63. The van der Waals surface area contributed by atoms with E-state index in [4.69, 9.17) is 14.2 Å². The van der Waals surface area contributed by atoms with Crippen molar-refractivity contribution in [2.45, 2.75) is 38.1 Å². The summed E-state index contributed by atoms with van der Waals surface area (Å²) in [5.41, 5.74) is 0. The van der Waals surface area contributed by atoms with Gasteiger partial charge >= 0.3 is 5.97 Å². The van der Waals surface area contributed by atoms with E-state index in [9.17, 15) is 9.59 Å². The van der Waals surface area contributed by atoms with Crippen molar-refractivity contribution in [1.29, 1.82) is 0 Å². The van der Waals surface area contributed by atoms with Crippen LogP contribution in [0.5, 0.6) is 0 Å². The molecule has 0 spiro atoms. The Morgan fingerprint density at radius 3 is 3.00 bits per heavy atom. The number of hydrogen-bond donors (Lipinski definition) is 0. The molecule has 2 fully saturated rings. The predicted octanol–water partition coefficient (Wildman–Crippen LogP) is 0.0225. The molecule has 0 aromatic rings. The average molecular weight is 200 g/mol. The van der Waals surface area contributed by atoms with Crippen molar-refractivity contribution in [3.63, 3.8) is 0 Å². The first-order valence-electron chi connectivity index (χ1n) is 4.59. The lowest BCUT2D eigenvalue weighted by Gasteiger charge is -2.31. The molecule has 2 heterocycles. The van der Waals surface area contributed by atoms with Gasteiger partial charge in [-0.05, 0) is 6.92 Å². The molecular formula is C9H12O5. The van der Waals surface area contributed by atoms with Crippen LogP contribution in [0, 0.1) is 0 Å². The van der Waals surface area contributed by atoms with Gasteiger partial charge in [0.1, 0.15) is 24.8 Å². The van der Waals surface area contributed by atoms with Gasteiger partial charge in [0.2, 0.25) is 0 Å². The fourth-order valence-electron chi connectivity index (χ4n) is 1.79. The Labute approximate surface area is 81.3 Å². The molecule has 0 bridgehead atoms. The van der Waals surface area contributed by atoms with Gasteiger partial charge in [0, 0.05) is 6.42 Å². The molecule has 0 aromatic carbocycles. The highest BCUT2D eigenvalue weighted by molar-refractivity contribution is 5.77. The third-order valence-electron chi connectivity index (χ3n) is 2.42. The molecule has 14 heavy (non-hydrogen) atoms. The van der Waals surface area contributed by atoms with E-state index < -0.39 is 6.10 Å². The first-order valence-corrected chi connectivity index (χ1v) is 4.59. The number of fused-ring (bicyclic) bond motifs is 1. The molecule has 78 valence electrons. The van der Waals surface area contributed by atoms with Crippen LogP contribution in [0.15, 0.2) is 0 Å². The van der Waals surface area contributed by atoms with E-state index in [1.54, 1.807) is 0 Å². The molecule has 5 nitrogen and oxygen atoms in total. The second-order valence-electron chi connectivity index (χ2n) is 3.59. The number of esters is 1. The lowest BCUT2D eigenvalue weighted by Crippen LogP contribution is -2.44. The van der Waals surface area contributed by atoms with Crippen LogP contribution in [0.25, 0.3) is 0 Å². The van der Waals surface area contributed by atoms with E-state index in [-0.39, 0.29) is 43.6 Å². The topological polar surface area (TPSA) is 61.8 Å². The van der Waals surface area contributed by atoms with E-state index >= 15 is 0 Å². The van der Waals surface area contributed by atoms with Gasteiger partial charge in [-0.2, -0.15) is 0 Å². The zero-order valence-electron chi connectivity index (χ0n) is 7.89. The number of hydrogen-bond acceptors (Lipinski definition) is 5. The van der Waals surface area contributed by atoms with Crippen LogP contribution in [-0.2, 0) is 23.8 Å². The standard InChI is InChI=1S/C9H12O5/c1-5(10)2-6-9-7(13-4-12-6)3-8(11)14-9/h6-7,9H,2-4H2,1H3/t6-,7+,9+/m0/s1. The second kappa shape index (κ2) is 3.67. The fourth-order valence-corrected chi connectivity index (χ4v) is 1.79. The molecule has 3 atom stereocenters. The maximum absolute atomic E-state index is 11.0. The number of ketones is 1. The molecule has 0 unspecified atom stereocenters. The van der Waals surface area contributed by atoms with Crippen molar-refractivity contribution >= 4 is 11.8 Å². The summed E-state index contributed by atoms with van der Waals surface area (Å²) < 4.78 is 15.5. The first-order chi connectivity index (χ1) is 6.66. The molecule has 5 heteroatoms. The number of Topliss-reactive ketones (excluding diaryl/α,β-unsaturated/α-hetero) is 1. The van der Waals surface area contributed by atoms with E-state index in [1.807, 2.05) is 0 Å². The summed E-state index contributed by atoms with van der Waals surface area (Å²) in [6, 6.07) is 0. The van der Waals surface area contributed by atoms with Gasteiger partial charge < -0.3 is 14.2 Å². The maximum Gasteiger partial charge on any atom is 0.309 e. The van der Waals surface area contributed by atoms with Gasteiger partial charge in [-0.3, -0.25) is 9.59 Å². The van der Waals surface area contributed by atoms with Crippen molar-refractivity contribution in [2.75, 3.05) is 6.79 Å². The van der Waals surface area contributed by atoms with E-state index in [1.165, 1.54) is 6.92 Å². The van der Waals surface area contributed by atoms with Crippen LogP contribution >= 0.6 is 0 Å². The minimum Gasteiger partial charge on any atom is -0.457 e. The molecule has 2 rings (SSSR count). The summed E-state index contributed by atoms with van der Waals surface area (Å²) in [4.78, 5) is 21.9. The Morgan fingerprint density at radius 1 is 1.50 bits per heavy atom. The van der Waals surface area contributed by atoms with Crippen LogP contribution in [-0.4, -0.2) is 36.9 Å². The zero-order chi connectivity index (χ0) is 10.1. The molecule has 0 amide bonds. The summed E-state index contributed by atoms with van der Waals surface area (Å²) in [5.74, 6) is -0.252. The fraction of sp³-hybridized carbons (Fsp3) is 0.778. The van der Waals surface area contributed by atoms with Gasteiger partial charge in [-0.1, -0.05) is 0 Å². The van der Waals surface area contributed by atoms with Crippen molar-refractivity contribution in [3.8, 4) is 0 Å². The maximum atomic E-state index is 11.0. The smallest absolute Gasteiger partial charge is 0.309 e. The molecule has 0 saturated carbocycles. The highest BCUT2D eigenvalue weighted by Gasteiger charge is 2.44. The number of carbonyl (C=O) groups excluding carboxylic acids is 2. The van der Waals surface area contributed by atoms with Crippen LogP contribution in [0.4, 0.5) is 0 Å². The number of rotatable bonds is 2. The predicted molar refractivity (Wildman–Crippen MR) is 44.4 cm³/mol. The van der Waals surface area contributed by atoms with E-state index in [0.29, 0.717) is 0 Å². The van der Waals surface area contributed by atoms with Gasteiger partial charge in [-0.25, -0.2) is 0 Å². The normalized spacial score (nSPS) is 36.4. The van der Waals surface area contributed by atoms with Crippen molar-refractivity contribution in [1.82, 2.24) is 0 Å². The summed E-state index contributed by atoms with van der Waals surface area (Å²) in [7, 11) is 0. The molecule has 0 aliphatic carbocycles. The highest BCUT2D eigenvalue weighted by atomic mass is 16.7. The molecule has 0 radical (unpaired) electrons. The van der Waals surface area contributed by atoms with Crippen LogP contribution in [0.1, 0.15) is 19.8 Å². The van der Waals surface area contributed by atoms with E-state index in [2.05, 4.69) is 0 Å². The Bertz CT molecular complexity index is 262. The van der Waals surface area contributed by atoms with E-state index in [0.717, 1.165) is 0 Å². The van der Waals surface area contributed by atoms with Crippen molar-refractivity contribution < 1.29 is 23.8 Å². The molecular weight excluding hydrogens is 188 g/mol. The quantitative estimate of drug-likeness (QED) is 0.588. The monoisotopic (exact) mass is 200 g/mol. The summed E-state index contributed by atoms with van der Waals surface area (Å²) in [6.07, 6.45) is -0.432. The third-order valence-corrected chi connectivity index (χ3v) is 2.42. The Kier molecular flexibility index (Phi) is 2.52. The summed E-state index contributed by atoms with van der Waals surface area (Å²) in [5, 5.41) is 0. The van der Waals surface area contributed by atoms with Gasteiger partial charge in [0.25, 0.3) is 0 Å². The first kappa shape index (κ1) is 9.61. The van der Waals surface area contributed by atoms with Crippen molar-refractivity contribution in [3.05, 3.63) is 0 Å². The lowest BCUT2D eigenvalue weighted by atomic mass is 10.0. The third kappa shape index (κ3) is 1.78. The van der Waals surface area contributed by atoms with Gasteiger partial charge in [0.05, 0.1) is 6.42 Å². The Morgan fingerprint density at radius 2 is 2.29 bits per heavy atom. The van der Waals surface area contributed by atoms with Gasteiger partial charge in [0.15, 0.2) is 6.10 Å². The molecule has 2 aliphatic heterocycles.